The van der Waals surface area contributed by atoms with E-state index in [1.165, 1.54) is 12.8 Å². The van der Waals surface area contributed by atoms with Crippen molar-refractivity contribution in [2.24, 2.45) is 5.92 Å². The zero-order valence-electron chi connectivity index (χ0n) is 15.2. The molecular weight excluding hydrogens is 290 g/mol. The number of likely N-dealkylation sites (tertiary alicyclic amines) is 1. The topological polar surface area (TPSA) is 52.7 Å². The van der Waals surface area contributed by atoms with E-state index in [0.29, 0.717) is 31.1 Å². The molecule has 1 saturated carbocycles. The van der Waals surface area contributed by atoms with Gasteiger partial charge in [-0.05, 0) is 38.5 Å². The molecule has 23 heavy (non-hydrogen) atoms. The van der Waals surface area contributed by atoms with Crippen LogP contribution < -0.4 is 5.32 Å². The highest BCUT2D eigenvalue weighted by Crippen LogP contribution is 2.31. The van der Waals surface area contributed by atoms with Crippen LogP contribution in [0.15, 0.2) is 0 Å². The number of hydrogen-bond donors (Lipinski definition) is 1. The second-order valence-corrected chi connectivity index (χ2v) is 7.41. The molecule has 0 aromatic carbocycles. The molecule has 0 aromatic rings. The summed E-state index contributed by atoms with van der Waals surface area (Å²) in [5.41, 5.74) is 0. The average Bonchev–Trinajstić information content (AvgIpc) is 3.35. The third-order valence-corrected chi connectivity index (χ3v) is 5.51. The summed E-state index contributed by atoms with van der Waals surface area (Å²) in [6.07, 6.45) is 5.54. The van der Waals surface area contributed by atoms with Crippen molar-refractivity contribution in [2.75, 3.05) is 19.6 Å². The van der Waals surface area contributed by atoms with Crippen LogP contribution >= 0.6 is 0 Å². The summed E-state index contributed by atoms with van der Waals surface area (Å²) >= 11 is 0. The molecule has 1 aliphatic heterocycles. The van der Waals surface area contributed by atoms with Crippen LogP contribution in [0.5, 0.6) is 0 Å². The SMILES string of the molecule is CC[C@H](C)[C@@H](C)N(CC(=O)N1CCC[C@H](NC(C)=O)C1)C1CC1. The maximum Gasteiger partial charge on any atom is 0.236 e. The molecule has 0 bridgehead atoms. The Hall–Kier alpha value is -1.10. The zero-order chi connectivity index (χ0) is 17.0. The van der Waals surface area contributed by atoms with Crippen LogP contribution in [0.2, 0.25) is 0 Å². The Labute approximate surface area is 140 Å². The van der Waals surface area contributed by atoms with Gasteiger partial charge >= 0.3 is 0 Å². The molecule has 5 heteroatoms. The maximum atomic E-state index is 12.8. The van der Waals surface area contributed by atoms with Crippen molar-refractivity contribution >= 4 is 11.8 Å². The number of carbonyl (C=O) groups excluding carboxylic acids is 2. The lowest BCUT2D eigenvalue weighted by atomic mass is 9.99. The highest BCUT2D eigenvalue weighted by Gasteiger charge is 2.36. The molecule has 0 unspecified atom stereocenters. The predicted molar refractivity (Wildman–Crippen MR) is 92.1 cm³/mol. The molecule has 1 aliphatic carbocycles. The van der Waals surface area contributed by atoms with E-state index in [1.54, 1.807) is 6.92 Å². The quantitative estimate of drug-likeness (QED) is 0.780. The first-order valence-corrected chi connectivity index (χ1v) is 9.23. The van der Waals surface area contributed by atoms with Crippen molar-refractivity contribution in [3.63, 3.8) is 0 Å². The third-order valence-electron chi connectivity index (χ3n) is 5.51. The fourth-order valence-corrected chi connectivity index (χ4v) is 3.54. The minimum Gasteiger partial charge on any atom is -0.352 e. The van der Waals surface area contributed by atoms with Gasteiger partial charge < -0.3 is 10.2 Å². The maximum absolute atomic E-state index is 12.8. The average molecular weight is 323 g/mol. The van der Waals surface area contributed by atoms with Gasteiger partial charge in [0, 0.05) is 38.1 Å². The number of carbonyl (C=O) groups is 2. The van der Waals surface area contributed by atoms with Crippen LogP contribution in [0.3, 0.4) is 0 Å². The summed E-state index contributed by atoms with van der Waals surface area (Å²) in [4.78, 5) is 28.4. The summed E-state index contributed by atoms with van der Waals surface area (Å²) in [6, 6.07) is 1.16. The molecule has 2 rings (SSSR count). The number of nitrogens with zero attached hydrogens (tertiary/aromatic N) is 2. The first-order chi connectivity index (χ1) is 10.9. The Morgan fingerprint density at radius 1 is 1.26 bits per heavy atom. The summed E-state index contributed by atoms with van der Waals surface area (Å²) in [5, 5.41) is 2.96. The summed E-state index contributed by atoms with van der Waals surface area (Å²) in [7, 11) is 0. The minimum atomic E-state index is -0.00528. The van der Waals surface area contributed by atoms with E-state index in [2.05, 4.69) is 31.0 Å². The molecule has 0 spiro atoms. The van der Waals surface area contributed by atoms with Crippen LogP contribution in [0.25, 0.3) is 0 Å². The summed E-state index contributed by atoms with van der Waals surface area (Å²) in [6.45, 7) is 10.3. The van der Waals surface area contributed by atoms with E-state index in [-0.39, 0.29) is 17.9 Å². The molecular formula is C18H33N3O2. The van der Waals surface area contributed by atoms with Crippen LogP contribution in [0.4, 0.5) is 0 Å². The van der Waals surface area contributed by atoms with Crippen LogP contribution in [-0.2, 0) is 9.59 Å². The van der Waals surface area contributed by atoms with Gasteiger partial charge in [-0.2, -0.15) is 0 Å². The van der Waals surface area contributed by atoms with Gasteiger partial charge in [-0.3, -0.25) is 14.5 Å². The fourth-order valence-electron chi connectivity index (χ4n) is 3.54. The van der Waals surface area contributed by atoms with Gasteiger partial charge in [0.2, 0.25) is 11.8 Å². The summed E-state index contributed by atoms with van der Waals surface area (Å²) in [5.74, 6) is 0.827. The monoisotopic (exact) mass is 323 g/mol. The first kappa shape index (κ1) is 18.2. The normalized spacial score (nSPS) is 24.4. The molecule has 2 fully saturated rings. The van der Waals surface area contributed by atoms with Crippen LogP contribution in [0.1, 0.15) is 59.8 Å². The minimum absolute atomic E-state index is 0.00528. The second kappa shape index (κ2) is 8.13. The molecule has 5 nitrogen and oxygen atoms in total. The number of nitrogens with one attached hydrogen (secondary N) is 1. The van der Waals surface area contributed by atoms with E-state index >= 15 is 0 Å². The molecule has 2 amide bonds. The fraction of sp³-hybridized carbons (Fsp3) is 0.889. The van der Waals surface area contributed by atoms with Gasteiger partial charge in [0.05, 0.1) is 6.54 Å². The largest absolute Gasteiger partial charge is 0.352 e. The van der Waals surface area contributed by atoms with Crippen molar-refractivity contribution in [1.82, 2.24) is 15.1 Å². The van der Waals surface area contributed by atoms with Crippen LogP contribution in [-0.4, -0.2) is 59.4 Å². The Morgan fingerprint density at radius 2 is 1.96 bits per heavy atom. The Bertz CT molecular complexity index is 422. The van der Waals surface area contributed by atoms with Crippen LogP contribution in [0, 0.1) is 5.92 Å². The standard InChI is InChI=1S/C18H33N3O2/c1-5-13(2)14(3)21(17-8-9-17)12-18(23)20-10-6-7-16(11-20)19-15(4)22/h13-14,16-17H,5-12H2,1-4H3,(H,19,22)/t13-,14+,16-/m0/s1. The number of amides is 2. The lowest BCUT2D eigenvalue weighted by Gasteiger charge is -2.37. The van der Waals surface area contributed by atoms with E-state index in [4.69, 9.17) is 0 Å². The molecule has 0 aromatic heterocycles. The van der Waals surface area contributed by atoms with Gasteiger partial charge in [0.1, 0.15) is 0 Å². The van der Waals surface area contributed by atoms with Crippen molar-refractivity contribution in [3.8, 4) is 0 Å². The number of rotatable bonds is 7. The summed E-state index contributed by atoms with van der Waals surface area (Å²) < 4.78 is 0. The highest BCUT2D eigenvalue weighted by molar-refractivity contribution is 5.79. The Balaban J connectivity index is 1.91. The molecule has 3 atom stereocenters. The van der Waals surface area contributed by atoms with Gasteiger partial charge in [-0.1, -0.05) is 20.3 Å². The van der Waals surface area contributed by atoms with Gasteiger partial charge in [-0.25, -0.2) is 0 Å². The van der Waals surface area contributed by atoms with Crippen molar-refractivity contribution < 1.29 is 9.59 Å². The number of piperidine rings is 1. The molecule has 2 aliphatic rings. The first-order valence-electron chi connectivity index (χ1n) is 9.23. The lowest BCUT2D eigenvalue weighted by molar-refractivity contribution is -0.135. The van der Waals surface area contributed by atoms with E-state index in [9.17, 15) is 9.59 Å². The molecule has 1 saturated heterocycles. The molecule has 1 heterocycles. The van der Waals surface area contributed by atoms with Crippen molar-refractivity contribution in [3.05, 3.63) is 0 Å². The smallest absolute Gasteiger partial charge is 0.236 e. The Morgan fingerprint density at radius 3 is 2.52 bits per heavy atom. The third kappa shape index (κ3) is 5.20. The Kier molecular flexibility index (Phi) is 6.45. The van der Waals surface area contributed by atoms with Gasteiger partial charge in [0.25, 0.3) is 0 Å². The molecule has 1 N–H and O–H groups in total. The van der Waals surface area contributed by atoms with Gasteiger partial charge in [-0.15, -0.1) is 0 Å². The van der Waals surface area contributed by atoms with E-state index in [0.717, 1.165) is 25.8 Å². The highest BCUT2D eigenvalue weighted by atomic mass is 16.2. The second-order valence-electron chi connectivity index (χ2n) is 7.41. The predicted octanol–water partition coefficient (Wildman–Crippen LogP) is 2.01. The van der Waals surface area contributed by atoms with Crippen molar-refractivity contribution in [1.29, 1.82) is 0 Å². The molecule has 0 radical (unpaired) electrons. The number of hydrogen-bond acceptors (Lipinski definition) is 3. The van der Waals surface area contributed by atoms with E-state index in [1.807, 2.05) is 4.90 Å². The zero-order valence-corrected chi connectivity index (χ0v) is 15.2. The molecule has 132 valence electrons. The lowest BCUT2D eigenvalue weighted by Crippen LogP contribution is -2.53. The van der Waals surface area contributed by atoms with Crippen molar-refractivity contribution in [2.45, 2.75) is 77.9 Å². The van der Waals surface area contributed by atoms with Gasteiger partial charge in [0.15, 0.2) is 0 Å². The van der Waals surface area contributed by atoms with E-state index < -0.39 is 0 Å².